The molecule has 0 saturated carbocycles. The van der Waals surface area contributed by atoms with Crippen molar-refractivity contribution in [2.75, 3.05) is 13.2 Å². The van der Waals surface area contributed by atoms with Gasteiger partial charge in [-0.3, -0.25) is 14.1 Å². The monoisotopic (exact) mass is 368 g/mol. The van der Waals surface area contributed by atoms with Crippen molar-refractivity contribution < 1.29 is 37.9 Å². The molecule has 0 saturated heterocycles. The van der Waals surface area contributed by atoms with E-state index < -0.39 is 32.5 Å². The van der Waals surface area contributed by atoms with Gasteiger partial charge in [-0.25, -0.2) is 4.57 Å². The molecule has 0 aliphatic heterocycles. The van der Waals surface area contributed by atoms with Crippen molar-refractivity contribution in [3.8, 4) is 0 Å². The van der Waals surface area contributed by atoms with Gasteiger partial charge in [0.25, 0.3) is 0 Å². The molecule has 0 spiro atoms. The second-order valence-corrected chi connectivity index (χ2v) is 6.73. The largest absolute Gasteiger partial charge is 0.469 e. The minimum atomic E-state index is -4.69. The van der Waals surface area contributed by atoms with Gasteiger partial charge in [-0.2, -0.15) is 0 Å². The van der Waals surface area contributed by atoms with E-state index in [1.54, 1.807) is 0 Å². The van der Waals surface area contributed by atoms with Gasteiger partial charge in [0, 0.05) is 12.8 Å². The Morgan fingerprint density at radius 3 is 2.12 bits per heavy atom. The number of esters is 2. The maximum Gasteiger partial charge on any atom is 0.469 e. The van der Waals surface area contributed by atoms with Crippen LogP contribution in [0.3, 0.4) is 0 Å². The molecule has 0 rings (SSSR count). The van der Waals surface area contributed by atoms with Crippen molar-refractivity contribution in [1.29, 1.82) is 0 Å². The van der Waals surface area contributed by atoms with Gasteiger partial charge in [-0.15, -0.1) is 0 Å². The van der Waals surface area contributed by atoms with Crippen LogP contribution in [0.15, 0.2) is 0 Å². The maximum atomic E-state index is 11.7. The number of phosphoric acid groups is 1. The first-order chi connectivity index (χ1) is 11.3. The average Bonchev–Trinajstić information content (AvgIpc) is 2.51. The second kappa shape index (κ2) is 13.4. The molecule has 0 bridgehead atoms. The van der Waals surface area contributed by atoms with Crippen molar-refractivity contribution in [1.82, 2.24) is 0 Å². The lowest BCUT2D eigenvalue weighted by atomic mass is 10.1. The van der Waals surface area contributed by atoms with Crippen LogP contribution in [0.2, 0.25) is 0 Å². The number of carbonyl (C=O) groups excluding carboxylic acids is 2. The molecule has 142 valence electrons. The summed E-state index contributed by atoms with van der Waals surface area (Å²) in [7, 11) is -4.69. The van der Waals surface area contributed by atoms with Gasteiger partial charge in [0.15, 0.2) is 6.10 Å². The van der Waals surface area contributed by atoms with E-state index in [-0.39, 0.29) is 19.4 Å². The SMILES string of the molecule is CCCCCCC(=O)O[C@H](COC(=O)CCCC)COP(=O)(O)O. The predicted octanol–water partition coefficient (Wildman–Crippen LogP) is 2.71. The summed E-state index contributed by atoms with van der Waals surface area (Å²) in [4.78, 5) is 40.7. The van der Waals surface area contributed by atoms with Crippen molar-refractivity contribution in [2.24, 2.45) is 0 Å². The Kier molecular flexibility index (Phi) is 12.8. The van der Waals surface area contributed by atoms with Crippen molar-refractivity contribution in [3.63, 3.8) is 0 Å². The zero-order valence-electron chi connectivity index (χ0n) is 14.4. The fourth-order valence-corrected chi connectivity index (χ4v) is 2.18. The van der Waals surface area contributed by atoms with E-state index in [4.69, 9.17) is 19.3 Å². The first-order valence-corrected chi connectivity index (χ1v) is 9.86. The summed E-state index contributed by atoms with van der Waals surface area (Å²) in [5.74, 6) is -0.952. The van der Waals surface area contributed by atoms with Crippen molar-refractivity contribution in [2.45, 2.75) is 71.3 Å². The molecule has 0 unspecified atom stereocenters. The quantitative estimate of drug-likeness (QED) is 0.273. The first kappa shape index (κ1) is 23.1. The minimum Gasteiger partial charge on any atom is -0.462 e. The van der Waals surface area contributed by atoms with Crippen molar-refractivity contribution in [3.05, 3.63) is 0 Å². The van der Waals surface area contributed by atoms with E-state index in [9.17, 15) is 14.2 Å². The van der Waals surface area contributed by atoms with Gasteiger partial charge in [0.1, 0.15) is 6.61 Å². The molecule has 2 N–H and O–H groups in total. The van der Waals surface area contributed by atoms with Crippen LogP contribution in [0.25, 0.3) is 0 Å². The summed E-state index contributed by atoms with van der Waals surface area (Å²) in [6.07, 6.45) is 4.57. The van der Waals surface area contributed by atoms with Crippen molar-refractivity contribution >= 4 is 19.8 Å². The Morgan fingerprint density at radius 1 is 0.917 bits per heavy atom. The van der Waals surface area contributed by atoms with Gasteiger partial charge >= 0.3 is 19.8 Å². The molecular weight excluding hydrogens is 339 g/mol. The van der Waals surface area contributed by atoms with E-state index in [1.807, 2.05) is 6.92 Å². The Morgan fingerprint density at radius 2 is 1.54 bits per heavy atom. The fraction of sp³-hybridized carbons (Fsp3) is 0.867. The Labute approximate surface area is 143 Å². The third kappa shape index (κ3) is 14.6. The summed E-state index contributed by atoms with van der Waals surface area (Å²) >= 11 is 0. The third-order valence-electron chi connectivity index (χ3n) is 3.13. The van der Waals surface area contributed by atoms with Crippen LogP contribution < -0.4 is 0 Å². The smallest absolute Gasteiger partial charge is 0.462 e. The highest BCUT2D eigenvalue weighted by Gasteiger charge is 2.22. The molecule has 0 aliphatic rings. The minimum absolute atomic E-state index is 0.205. The number of ether oxygens (including phenoxy) is 2. The van der Waals surface area contributed by atoms with Gasteiger partial charge in [0.05, 0.1) is 6.61 Å². The van der Waals surface area contributed by atoms with Gasteiger partial charge in [-0.05, 0) is 12.8 Å². The van der Waals surface area contributed by atoms with Gasteiger partial charge < -0.3 is 19.3 Å². The van der Waals surface area contributed by atoms with E-state index in [0.29, 0.717) is 12.8 Å². The molecule has 0 radical (unpaired) electrons. The topological polar surface area (TPSA) is 119 Å². The lowest BCUT2D eigenvalue weighted by molar-refractivity contribution is -0.161. The highest BCUT2D eigenvalue weighted by molar-refractivity contribution is 7.46. The Bertz CT molecular complexity index is 406. The van der Waals surface area contributed by atoms with E-state index in [0.717, 1.165) is 25.7 Å². The zero-order valence-corrected chi connectivity index (χ0v) is 15.3. The summed E-state index contributed by atoms with van der Waals surface area (Å²) in [5.41, 5.74) is 0. The number of rotatable bonds is 14. The number of hydrogen-bond donors (Lipinski definition) is 2. The maximum absolute atomic E-state index is 11.7. The molecule has 0 aliphatic carbocycles. The van der Waals surface area contributed by atoms with Gasteiger partial charge in [0.2, 0.25) is 0 Å². The fourth-order valence-electron chi connectivity index (χ4n) is 1.82. The van der Waals surface area contributed by atoms with Crippen LogP contribution in [0, 0.1) is 0 Å². The lowest BCUT2D eigenvalue weighted by Gasteiger charge is -2.18. The average molecular weight is 368 g/mol. The molecule has 0 aromatic carbocycles. The lowest BCUT2D eigenvalue weighted by Crippen LogP contribution is -2.29. The molecule has 0 amide bonds. The van der Waals surface area contributed by atoms with Crippen LogP contribution in [0.5, 0.6) is 0 Å². The molecule has 9 heteroatoms. The molecule has 0 aromatic rings. The van der Waals surface area contributed by atoms with Crippen LogP contribution in [-0.4, -0.2) is 41.0 Å². The van der Waals surface area contributed by atoms with Crippen LogP contribution in [-0.2, 0) is 28.2 Å². The molecule has 24 heavy (non-hydrogen) atoms. The normalized spacial score (nSPS) is 12.7. The van der Waals surface area contributed by atoms with Crippen LogP contribution in [0.4, 0.5) is 0 Å². The highest BCUT2D eigenvalue weighted by atomic mass is 31.2. The zero-order chi connectivity index (χ0) is 18.4. The standard InChI is InChI=1S/C15H29O8P/c1-3-5-7-8-10-15(17)23-13(12-22-24(18,19)20)11-21-14(16)9-6-4-2/h13H,3-12H2,1-2H3,(H2,18,19,20)/t13-/m1/s1. The summed E-state index contributed by atoms with van der Waals surface area (Å²) in [6, 6.07) is 0. The van der Waals surface area contributed by atoms with E-state index in [2.05, 4.69) is 11.4 Å². The molecule has 0 fully saturated rings. The molecule has 8 nitrogen and oxygen atoms in total. The number of hydrogen-bond acceptors (Lipinski definition) is 6. The molecule has 0 aromatic heterocycles. The molecule has 1 atom stereocenters. The predicted molar refractivity (Wildman–Crippen MR) is 87.1 cm³/mol. The number of carbonyl (C=O) groups is 2. The Hall–Kier alpha value is -0.950. The second-order valence-electron chi connectivity index (χ2n) is 5.50. The summed E-state index contributed by atoms with van der Waals surface area (Å²) in [6.45, 7) is 3.17. The number of phosphoric ester groups is 1. The summed E-state index contributed by atoms with van der Waals surface area (Å²) < 4.78 is 25.2. The molecule has 0 heterocycles. The Balaban J connectivity index is 4.33. The van der Waals surface area contributed by atoms with Crippen LogP contribution in [0.1, 0.15) is 65.2 Å². The van der Waals surface area contributed by atoms with Gasteiger partial charge in [-0.1, -0.05) is 39.5 Å². The first-order valence-electron chi connectivity index (χ1n) is 8.33. The van der Waals surface area contributed by atoms with E-state index in [1.165, 1.54) is 0 Å². The van der Waals surface area contributed by atoms with Crippen LogP contribution >= 0.6 is 7.82 Å². The molecular formula is C15H29O8P. The van der Waals surface area contributed by atoms with E-state index >= 15 is 0 Å². The third-order valence-corrected chi connectivity index (χ3v) is 3.61. The number of unbranched alkanes of at least 4 members (excludes halogenated alkanes) is 4. The summed E-state index contributed by atoms with van der Waals surface area (Å²) in [5, 5.41) is 0. The highest BCUT2D eigenvalue weighted by Crippen LogP contribution is 2.35.